The molecule has 0 saturated carbocycles. The van der Waals surface area contributed by atoms with Crippen molar-refractivity contribution in [2.24, 2.45) is 5.92 Å². The van der Waals surface area contributed by atoms with Crippen LogP contribution in [-0.2, 0) is 0 Å². The molecule has 0 aliphatic carbocycles. The van der Waals surface area contributed by atoms with Crippen molar-refractivity contribution in [3.63, 3.8) is 0 Å². The number of hydrogen-bond donors (Lipinski definition) is 1. The molecule has 1 aliphatic heterocycles. The van der Waals surface area contributed by atoms with E-state index >= 15 is 0 Å². The molecular formula is C15H18FN3. The molecule has 2 N–H and O–H groups in total. The molecule has 0 amide bonds. The fourth-order valence-electron chi connectivity index (χ4n) is 2.89. The molecule has 100 valence electrons. The Morgan fingerprint density at radius 3 is 3.11 bits per heavy atom. The highest BCUT2D eigenvalue weighted by Crippen LogP contribution is 2.35. The van der Waals surface area contributed by atoms with Gasteiger partial charge in [0.25, 0.3) is 0 Å². The minimum Gasteiger partial charge on any atom is -0.398 e. The number of hydrogen-bond acceptors (Lipinski definition) is 3. The Morgan fingerprint density at radius 1 is 1.53 bits per heavy atom. The molecule has 1 fully saturated rings. The second-order valence-electron chi connectivity index (χ2n) is 5.20. The molecule has 3 rings (SSSR count). The smallest absolute Gasteiger partial charge is 0.150 e. The summed E-state index contributed by atoms with van der Waals surface area (Å²) < 4.78 is 14.3. The SMILES string of the molecule is CCC1CCN(c2c(F)cc(N)c3cccnc23)C1. The molecule has 19 heavy (non-hydrogen) atoms. The summed E-state index contributed by atoms with van der Waals surface area (Å²) in [5.41, 5.74) is 7.62. The Balaban J connectivity index is 2.13. The van der Waals surface area contributed by atoms with E-state index in [1.54, 1.807) is 6.20 Å². The summed E-state index contributed by atoms with van der Waals surface area (Å²) >= 11 is 0. The quantitative estimate of drug-likeness (QED) is 0.842. The van der Waals surface area contributed by atoms with Crippen LogP contribution in [0, 0.1) is 11.7 Å². The highest BCUT2D eigenvalue weighted by atomic mass is 19.1. The largest absolute Gasteiger partial charge is 0.398 e. The van der Waals surface area contributed by atoms with Gasteiger partial charge in [-0.2, -0.15) is 0 Å². The molecule has 1 aromatic heterocycles. The standard InChI is InChI=1S/C15H18FN3/c1-2-10-5-7-19(9-10)15-12(16)8-13(17)11-4-3-6-18-14(11)15/h3-4,6,8,10H,2,5,7,9,17H2,1H3. The van der Waals surface area contributed by atoms with Crippen molar-refractivity contribution in [1.29, 1.82) is 0 Å². The van der Waals surface area contributed by atoms with Gasteiger partial charge in [0.15, 0.2) is 5.82 Å². The van der Waals surface area contributed by atoms with Crippen LogP contribution in [0.5, 0.6) is 0 Å². The first-order valence-electron chi connectivity index (χ1n) is 6.78. The lowest BCUT2D eigenvalue weighted by Crippen LogP contribution is -2.21. The summed E-state index contributed by atoms with van der Waals surface area (Å²) in [5.74, 6) is 0.385. The van der Waals surface area contributed by atoms with Crippen LogP contribution in [0.1, 0.15) is 19.8 Å². The Kier molecular flexibility index (Phi) is 3.01. The number of nitrogens with two attached hydrogens (primary N) is 1. The van der Waals surface area contributed by atoms with Gasteiger partial charge >= 0.3 is 0 Å². The first-order chi connectivity index (χ1) is 9.20. The predicted octanol–water partition coefficient (Wildman–Crippen LogP) is 3.19. The number of nitrogen functional groups attached to an aromatic ring is 1. The van der Waals surface area contributed by atoms with Crippen LogP contribution in [0.25, 0.3) is 10.9 Å². The zero-order valence-electron chi connectivity index (χ0n) is 11.1. The highest BCUT2D eigenvalue weighted by molar-refractivity contribution is 5.98. The first-order valence-corrected chi connectivity index (χ1v) is 6.78. The van der Waals surface area contributed by atoms with E-state index in [9.17, 15) is 4.39 Å². The van der Waals surface area contributed by atoms with Gasteiger partial charge in [0, 0.05) is 30.4 Å². The van der Waals surface area contributed by atoms with Crippen molar-refractivity contribution in [3.05, 3.63) is 30.2 Å². The minimum atomic E-state index is -0.263. The molecule has 1 aromatic carbocycles. The lowest BCUT2D eigenvalue weighted by molar-refractivity contribution is 0.567. The first kappa shape index (κ1) is 12.2. The Hall–Kier alpha value is -1.84. The second-order valence-corrected chi connectivity index (χ2v) is 5.20. The summed E-state index contributed by atoms with van der Waals surface area (Å²) in [6, 6.07) is 5.14. The van der Waals surface area contributed by atoms with E-state index in [-0.39, 0.29) is 5.82 Å². The van der Waals surface area contributed by atoms with Crippen molar-refractivity contribution in [3.8, 4) is 0 Å². The van der Waals surface area contributed by atoms with E-state index in [1.807, 2.05) is 12.1 Å². The van der Waals surface area contributed by atoms with Gasteiger partial charge in [-0.15, -0.1) is 0 Å². The van der Waals surface area contributed by atoms with Crippen LogP contribution in [-0.4, -0.2) is 18.1 Å². The van der Waals surface area contributed by atoms with E-state index in [4.69, 9.17) is 5.73 Å². The van der Waals surface area contributed by atoms with Crippen LogP contribution in [0.2, 0.25) is 0 Å². The zero-order valence-corrected chi connectivity index (χ0v) is 11.1. The number of rotatable bonds is 2. The fraction of sp³-hybridized carbons (Fsp3) is 0.400. The molecule has 1 unspecified atom stereocenters. The van der Waals surface area contributed by atoms with E-state index in [0.717, 1.165) is 31.3 Å². The van der Waals surface area contributed by atoms with Crippen LogP contribution >= 0.6 is 0 Å². The third-order valence-electron chi connectivity index (χ3n) is 4.03. The van der Waals surface area contributed by atoms with Gasteiger partial charge < -0.3 is 10.6 Å². The number of fused-ring (bicyclic) bond motifs is 1. The van der Waals surface area contributed by atoms with Gasteiger partial charge in [0.1, 0.15) is 0 Å². The topological polar surface area (TPSA) is 42.1 Å². The van der Waals surface area contributed by atoms with Gasteiger partial charge in [-0.05, 0) is 30.5 Å². The summed E-state index contributed by atoms with van der Waals surface area (Å²) in [6.07, 6.45) is 3.95. The monoisotopic (exact) mass is 259 g/mol. The number of aromatic nitrogens is 1. The molecule has 3 nitrogen and oxygen atoms in total. The lowest BCUT2D eigenvalue weighted by atomic mass is 10.1. The van der Waals surface area contributed by atoms with Crippen LogP contribution < -0.4 is 10.6 Å². The second kappa shape index (κ2) is 4.68. The number of benzene rings is 1. The van der Waals surface area contributed by atoms with Gasteiger partial charge in [0.2, 0.25) is 0 Å². The van der Waals surface area contributed by atoms with Crippen LogP contribution in [0.3, 0.4) is 0 Å². The molecule has 1 aliphatic rings. The number of anilines is 2. The van der Waals surface area contributed by atoms with Gasteiger partial charge in [-0.1, -0.05) is 13.3 Å². The number of pyridine rings is 1. The van der Waals surface area contributed by atoms with Gasteiger partial charge in [0.05, 0.1) is 11.2 Å². The van der Waals surface area contributed by atoms with E-state index in [1.165, 1.54) is 6.07 Å². The van der Waals surface area contributed by atoms with Crippen molar-refractivity contribution >= 4 is 22.3 Å². The van der Waals surface area contributed by atoms with Crippen molar-refractivity contribution in [2.45, 2.75) is 19.8 Å². The maximum atomic E-state index is 14.3. The number of nitrogens with zero attached hydrogens (tertiary/aromatic N) is 2. The minimum absolute atomic E-state index is 0.263. The molecule has 0 radical (unpaired) electrons. The summed E-state index contributed by atoms with van der Waals surface area (Å²) in [6.45, 7) is 3.98. The zero-order chi connectivity index (χ0) is 13.4. The normalized spacial score (nSPS) is 19.3. The summed E-state index contributed by atoms with van der Waals surface area (Å²) in [5, 5.41) is 0.832. The average Bonchev–Trinajstić information content (AvgIpc) is 2.87. The third kappa shape index (κ3) is 2.01. The summed E-state index contributed by atoms with van der Waals surface area (Å²) in [4.78, 5) is 6.45. The molecule has 1 atom stereocenters. The molecule has 2 aromatic rings. The van der Waals surface area contributed by atoms with E-state index in [0.29, 0.717) is 22.8 Å². The Bertz CT molecular complexity index is 612. The molecule has 1 saturated heterocycles. The fourth-order valence-corrected chi connectivity index (χ4v) is 2.89. The van der Waals surface area contributed by atoms with Crippen molar-refractivity contribution < 1.29 is 4.39 Å². The molecule has 4 heteroatoms. The van der Waals surface area contributed by atoms with E-state index in [2.05, 4.69) is 16.8 Å². The van der Waals surface area contributed by atoms with Crippen LogP contribution in [0.4, 0.5) is 15.8 Å². The molecule has 2 heterocycles. The maximum absolute atomic E-state index is 14.3. The van der Waals surface area contributed by atoms with E-state index < -0.39 is 0 Å². The molecule has 0 spiro atoms. The molecule has 0 bridgehead atoms. The Morgan fingerprint density at radius 2 is 2.37 bits per heavy atom. The van der Waals surface area contributed by atoms with Gasteiger partial charge in [-0.25, -0.2) is 4.39 Å². The van der Waals surface area contributed by atoms with Gasteiger partial charge in [-0.3, -0.25) is 4.98 Å². The van der Waals surface area contributed by atoms with Crippen LogP contribution in [0.15, 0.2) is 24.4 Å². The number of halogens is 1. The Labute approximate surface area is 112 Å². The summed E-state index contributed by atoms with van der Waals surface area (Å²) in [7, 11) is 0. The van der Waals surface area contributed by atoms with Crippen molar-refractivity contribution in [1.82, 2.24) is 4.98 Å². The van der Waals surface area contributed by atoms with Crippen molar-refractivity contribution in [2.75, 3.05) is 23.7 Å². The maximum Gasteiger partial charge on any atom is 0.150 e. The molecular weight excluding hydrogens is 241 g/mol. The third-order valence-corrected chi connectivity index (χ3v) is 4.03. The lowest BCUT2D eigenvalue weighted by Gasteiger charge is -2.21. The average molecular weight is 259 g/mol. The predicted molar refractivity (Wildman–Crippen MR) is 76.7 cm³/mol. The highest BCUT2D eigenvalue weighted by Gasteiger charge is 2.25.